The van der Waals surface area contributed by atoms with Crippen molar-refractivity contribution in [1.82, 2.24) is 20.1 Å². The number of ether oxygens (including phenoxy) is 1. The van der Waals surface area contributed by atoms with Crippen molar-refractivity contribution in [3.8, 4) is 5.82 Å². The molecule has 0 unspecified atom stereocenters. The average molecular weight is 317 g/mol. The second kappa shape index (κ2) is 7.73. The Morgan fingerprint density at radius 1 is 1.39 bits per heavy atom. The van der Waals surface area contributed by atoms with Crippen molar-refractivity contribution in [3.05, 3.63) is 35.8 Å². The zero-order valence-corrected chi connectivity index (χ0v) is 14.0. The Labute approximate surface area is 136 Å². The van der Waals surface area contributed by atoms with E-state index in [4.69, 9.17) is 4.74 Å². The molecule has 7 nitrogen and oxygen atoms in total. The van der Waals surface area contributed by atoms with Crippen molar-refractivity contribution in [3.63, 3.8) is 0 Å². The van der Waals surface area contributed by atoms with Crippen molar-refractivity contribution in [2.45, 2.75) is 33.2 Å². The summed E-state index contributed by atoms with van der Waals surface area (Å²) in [4.78, 5) is 16.2. The van der Waals surface area contributed by atoms with Gasteiger partial charge in [-0.15, -0.1) is 0 Å². The lowest BCUT2D eigenvalue weighted by Crippen LogP contribution is -2.36. The van der Waals surface area contributed by atoms with Gasteiger partial charge in [0.1, 0.15) is 0 Å². The van der Waals surface area contributed by atoms with E-state index >= 15 is 0 Å². The number of aryl methyl sites for hydroxylation is 2. The van der Waals surface area contributed by atoms with Crippen molar-refractivity contribution in [2.75, 3.05) is 19.0 Å². The van der Waals surface area contributed by atoms with Gasteiger partial charge in [-0.05, 0) is 45.4 Å². The monoisotopic (exact) mass is 317 g/mol. The molecular weight excluding hydrogens is 294 g/mol. The molecule has 124 valence electrons. The van der Waals surface area contributed by atoms with Crippen molar-refractivity contribution in [2.24, 2.45) is 0 Å². The molecule has 2 aromatic rings. The number of urea groups is 1. The highest BCUT2D eigenvalue weighted by molar-refractivity contribution is 5.89. The lowest BCUT2D eigenvalue weighted by Gasteiger charge is -2.14. The molecule has 1 atom stereocenters. The maximum Gasteiger partial charge on any atom is 0.319 e. The molecule has 7 heteroatoms. The SMILES string of the molecule is COCC[C@@H](C)NC(=O)Nc1ccc(-n2nc(C)cc2C)nc1. The number of nitrogens with zero attached hydrogens (tertiary/aromatic N) is 3. The predicted molar refractivity (Wildman–Crippen MR) is 88.9 cm³/mol. The van der Waals surface area contributed by atoms with Crippen LogP contribution in [0.15, 0.2) is 24.4 Å². The minimum absolute atomic E-state index is 0.0388. The molecule has 0 aliphatic carbocycles. The topological polar surface area (TPSA) is 81.1 Å². The van der Waals surface area contributed by atoms with Crippen LogP contribution in [-0.4, -0.2) is 40.6 Å². The highest BCUT2D eigenvalue weighted by Gasteiger charge is 2.08. The van der Waals surface area contributed by atoms with Crippen LogP contribution in [-0.2, 0) is 4.74 Å². The van der Waals surface area contributed by atoms with Gasteiger partial charge in [0, 0.05) is 25.5 Å². The lowest BCUT2D eigenvalue weighted by atomic mass is 10.2. The Morgan fingerprint density at radius 2 is 2.17 bits per heavy atom. The Balaban J connectivity index is 1.95. The minimum Gasteiger partial charge on any atom is -0.385 e. The molecule has 2 rings (SSSR count). The summed E-state index contributed by atoms with van der Waals surface area (Å²) >= 11 is 0. The van der Waals surface area contributed by atoms with E-state index in [-0.39, 0.29) is 12.1 Å². The van der Waals surface area contributed by atoms with Crippen molar-refractivity contribution < 1.29 is 9.53 Å². The highest BCUT2D eigenvalue weighted by Crippen LogP contribution is 2.12. The van der Waals surface area contributed by atoms with Gasteiger partial charge in [0.05, 0.1) is 17.6 Å². The predicted octanol–water partition coefficient (Wildman–Crippen LogP) is 2.43. The molecule has 2 amide bonds. The third kappa shape index (κ3) is 4.79. The molecular formula is C16H23N5O2. The third-order valence-corrected chi connectivity index (χ3v) is 3.36. The first-order valence-electron chi connectivity index (χ1n) is 7.55. The molecule has 2 heterocycles. The quantitative estimate of drug-likeness (QED) is 0.857. The lowest BCUT2D eigenvalue weighted by molar-refractivity contribution is 0.185. The summed E-state index contributed by atoms with van der Waals surface area (Å²) in [7, 11) is 1.64. The third-order valence-electron chi connectivity index (χ3n) is 3.36. The number of carbonyl (C=O) groups is 1. The van der Waals surface area contributed by atoms with Gasteiger partial charge in [0.25, 0.3) is 0 Å². The van der Waals surface area contributed by atoms with Gasteiger partial charge in [-0.1, -0.05) is 0 Å². The second-order valence-electron chi connectivity index (χ2n) is 5.52. The number of anilines is 1. The van der Waals surface area contributed by atoms with E-state index in [0.29, 0.717) is 12.3 Å². The first-order valence-corrected chi connectivity index (χ1v) is 7.55. The van der Waals surface area contributed by atoms with Crippen molar-refractivity contribution in [1.29, 1.82) is 0 Å². The van der Waals surface area contributed by atoms with Crippen LogP contribution in [0.25, 0.3) is 5.82 Å². The fraction of sp³-hybridized carbons (Fsp3) is 0.438. The summed E-state index contributed by atoms with van der Waals surface area (Å²) < 4.78 is 6.76. The molecule has 0 radical (unpaired) electrons. The molecule has 0 aliphatic rings. The van der Waals surface area contributed by atoms with Crippen LogP contribution >= 0.6 is 0 Å². The number of nitrogens with one attached hydrogen (secondary N) is 2. The largest absolute Gasteiger partial charge is 0.385 e. The summed E-state index contributed by atoms with van der Waals surface area (Å²) in [5.74, 6) is 0.718. The normalized spacial score (nSPS) is 12.0. The van der Waals surface area contributed by atoms with Gasteiger partial charge in [-0.2, -0.15) is 5.10 Å². The van der Waals surface area contributed by atoms with E-state index < -0.39 is 0 Å². The van der Waals surface area contributed by atoms with Crippen LogP contribution in [0.3, 0.4) is 0 Å². The summed E-state index contributed by atoms with van der Waals surface area (Å²) in [6.45, 7) is 6.46. The van der Waals surface area contributed by atoms with E-state index in [2.05, 4.69) is 20.7 Å². The van der Waals surface area contributed by atoms with E-state index in [0.717, 1.165) is 23.6 Å². The number of amides is 2. The molecule has 0 spiro atoms. The first kappa shape index (κ1) is 17.0. The van der Waals surface area contributed by atoms with Gasteiger partial charge in [0.2, 0.25) is 0 Å². The number of pyridine rings is 1. The number of aromatic nitrogens is 3. The van der Waals surface area contributed by atoms with E-state index in [9.17, 15) is 4.79 Å². The van der Waals surface area contributed by atoms with Crippen LogP contribution in [0.1, 0.15) is 24.7 Å². The Bertz CT molecular complexity index is 651. The first-order chi connectivity index (χ1) is 11.0. The van der Waals surface area contributed by atoms with E-state index in [1.807, 2.05) is 32.9 Å². The fourth-order valence-corrected chi connectivity index (χ4v) is 2.20. The van der Waals surface area contributed by atoms with Gasteiger partial charge < -0.3 is 15.4 Å². The second-order valence-corrected chi connectivity index (χ2v) is 5.52. The summed E-state index contributed by atoms with van der Waals surface area (Å²) in [5.41, 5.74) is 2.59. The Kier molecular flexibility index (Phi) is 5.70. The summed E-state index contributed by atoms with van der Waals surface area (Å²) in [5, 5.41) is 9.99. The van der Waals surface area contributed by atoms with Crippen LogP contribution < -0.4 is 10.6 Å². The zero-order chi connectivity index (χ0) is 16.8. The maximum atomic E-state index is 11.9. The molecule has 0 saturated heterocycles. The van der Waals surface area contributed by atoms with Gasteiger partial charge in [0.15, 0.2) is 5.82 Å². The summed E-state index contributed by atoms with van der Waals surface area (Å²) in [6.07, 6.45) is 2.38. The van der Waals surface area contributed by atoms with E-state index in [1.165, 1.54) is 0 Å². The number of hydrogen-bond acceptors (Lipinski definition) is 4. The molecule has 0 aliphatic heterocycles. The number of carbonyl (C=O) groups excluding carboxylic acids is 1. The number of methoxy groups -OCH3 is 1. The molecule has 2 aromatic heterocycles. The molecule has 0 aromatic carbocycles. The molecule has 23 heavy (non-hydrogen) atoms. The fourth-order valence-electron chi connectivity index (χ4n) is 2.20. The molecule has 0 fully saturated rings. The molecule has 2 N–H and O–H groups in total. The Morgan fingerprint density at radius 3 is 2.74 bits per heavy atom. The van der Waals surface area contributed by atoms with Gasteiger partial charge in [-0.3, -0.25) is 0 Å². The van der Waals surface area contributed by atoms with E-state index in [1.54, 1.807) is 24.1 Å². The summed E-state index contributed by atoms with van der Waals surface area (Å²) in [6, 6.07) is 5.40. The Hall–Kier alpha value is -2.41. The smallest absolute Gasteiger partial charge is 0.319 e. The number of rotatable bonds is 6. The number of hydrogen-bond donors (Lipinski definition) is 2. The molecule has 0 bridgehead atoms. The van der Waals surface area contributed by atoms with Gasteiger partial charge in [-0.25, -0.2) is 14.5 Å². The van der Waals surface area contributed by atoms with Gasteiger partial charge >= 0.3 is 6.03 Å². The average Bonchev–Trinajstić information content (AvgIpc) is 2.84. The maximum absolute atomic E-state index is 11.9. The van der Waals surface area contributed by atoms with Crippen LogP contribution in [0.4, 0.5) is 10.5 Å². The standard InChI is InChI=1S/C16H23N5O2/c1-11(7-8-23-4)18-16(22)19-14-5-6-15(17-10-14)21-13(3)9-12(2)20-21/h5-6,9-11H,7-8H2,1-4H3,(H2,18,19,22)/t11-/m1/s1. The van der Waals surface area contributed by atoms with Crippen molar-refractivity contribution >= 4 is 11.7 Å². The van der Waals surface area contributed by atoms with Crippen LogP contribution in [0, 0.1) is 13.8 Å². The van der Waals surface area contributed by atoms with Crippen LogP contribution in [0.5, 0.6) is 0 Å². The highest BCUT2D eigenvalue weighted by atomic mass is 16.5. The van der Waals surface area contributed by atoms with Crippen LogP contribution in [0.2, 0.25) is 0 Å². The molecule has 0 saturated carbocycles. The minimum atomic E-state index is -0.255. The zero-order valence-electron chi connectivity index (χ0n) is 14.0.